The van der Waals surface area contributed by atoms with Gasteiger partial charge in [-0.05, 0) is 29.8 Å². The molecule has 3 heterocycles. The zero-order valence-corrected chi connectivity index (χ0v) is 18.4. The average molecular weight is 472 g/mol. The number of benzene rings is 3. The lowest BCUT2D eigenvalue weighted by Crippen LogP contribution is -2.25. The fourth-order valence-electron chi connectivity index (χ4n) is 4.72. The number of para-hydroxylation sites is 1. The summed E-state index contributed by atoms with van der Waals surface area (Å²) in [4.78, 5) is 29.7. The Kier molecular flexibility index (Phi) is 4.60. The van der Waals surface area contributed by atoms with E-state index in [1.165, 1.54) is 12.1 Å². The van der Waals surface area contributed by atoms with Crippen molar-refractivity contribution in [3.8, 4) is 22.6 Å². The second-order valence-corrected chi connectivity index (χ2v) is 8.23. The number of rotatable bonds is 3. The topological polar surface area (TPSA) is 91.9 Å². The molecule has 6 rings (SSSR count). The van der Waals surface area contributed by atoms with Crippen LogP contribution in [-0.4, -0.2) is 21.6 Å². The van der Waals surface area contributed by atoms with Gasteiger partial charge in [0, 0.05) is 17.3 Å². The first-order valence-corrected chi connectivity index (χ1v) is 10.8. The monoisotopic (exact) mass is 472 g/mol. The zero-order valence-electron chi connectivity index (χ0n) is 18.4. The standard InChI is InChI=1S/C26H18F2N4O3/c1-35-14-10-8-13(9-11-14)15-4-3-7-19-23(15)32-12-17-22(30-26(34)31-25(17)33)24(32)21(29-19)16-5-2-6-18(27)20(16)28/h2-12,21,29H,1H3,(H2,30,31,33,34). The smallest absolute Gasteiger partial charge is 0.326 e. The zero-order chi connectivity index (χ0) is 24.3. The summed E-state index contributed by atoms with van der Waals surface area (Å²) in [6.45, 7) is 0. The number of fused-ring (bicyclic) bond motifs is 5. The van der Waals surface area contributed by atoms with Crippen LogP contribution >= 0.6 is 0 Å². The number of aromatic nitrogens is 3. The van der Waals surface area contributed by atoms with E-state index in [0.29, 0.717) is 22.8 Å². The number of halogens is 2. The molecule has 0 spiro atoms. The summed E-state index contributed by atoms with van der Waals surface area (Å²) in [5.74, 6) is -1.29. The highest BCUT2D eigenvalue weighted by Crippen LogP contribution is 2.44. The van der Waals surface area contributed by atoms with Crippen molar-refractivity contribution in [3.05, 3.63) is 111 Å². The van der Waals surface area contributed by atoms with Crippen LogP contribution in [-0.2, 0) is 0 Å². The number of anilines is 1. The van der Waals surface area contributed by atoms with E-state index in [1.807, 2.05) is 42.5 Å². The van der Waals surface area contributed by atoms with E-state index < -0.39 is 28.9 Å². The summed E-state index contributed by atoms with van der Waals surface area (Å²) in [7, 11) is 1.59. The lowest BCUT2D eigenvalue weighted by molar-refractivity contribution is 0.415. The van der Waals surface area contributed by atoms with Gasteiger partial charge in [-0.1, -0.05) is 36.4 Å². The van der Waals surface area contributed by atoms with Crippen LogP contribution in [0.25, 0.3) is 27.7 Å². The molecule has 9 heteroatoms. The predicted octanol–water partition coefficient (Wildman–Crippen LogP) is 4.48. The Hall–Kier alpha value is -4.66. The molecular formula is C26H18F2N4O3. The first kappa shape index (κ1) is 20.9. The quantitative estimate of drug-likeness (QED) is 0.361. The number of ether oxygens (including phenoxy) is 1. The Bertz CT molecular complexity index is 1740. The molecule has 35 heavy (non-hydrogen) atoms. The highest BCUT2D eigenvalue weighted by molar-refractivity contribution is 5.90. The van der Waals surface area contributed by atoms with Gasteiger partial charge in [-0.2, -0.15) is 0 Å². The van der Waals surface area contributed by atoms with Crippen LogP contribution in [0.2, 0.25) is 0 Å². The summed E-state index contributed by atoms with van der Waals surface area (Å²) in [5.41, 5.74) is 2.51. The molecule has 3 N–H and O–H groups in total. The molecule has 1 aliphatic heterocycles. The molecule has 0 fully saturated rings. The van der Waals surface area contributed by atoms with Gasteiger partial charge in [0.05, 0.1) is 41.1 Å². The van der Waals surface area contributed by atoms with E-state index in [9.17, 15) is 18.4 Å². The van der Waals surface area contributed by atoms with Crippen molar-refractivity contribution in [3.63, 3.8) is 0 Å². The minimum absolute atomic E-state index is 0.0490. The number of nitrogens with zero attached hydrogens (tertiary/aromatic N) is 1. The molecule has 2 aromatic heterocycles. The molecule has 0 bridgehead atoms. The molecule has 0 aliphatic carbocycles. The lowest BCUT2D eigenvalue weighted by Gasteiger charge is -2.31. The highest BCUT2D eigenvalue weighted by atomic mass is 19.2. The second kappa shape index (κ2) is 7.69. The van der Waals surface area contributed by atoms with Crippen LogP contribution in [0.4, 0.5) is 14.5 Å². The molecule has 0 saturated heterocycles. The summed E-state index contributed by atoms with van der Waals surface area (Å²) in [6.07, 6.45) is 1.61. The lowest BCUT2D eigenvalue weighted by atomic mass is 9.96. The molecule has 3 aromatic carbocycles. The van der Waals surface area contributed by atoms with Crippen LogP contribution in [0, 0.1) is 11.6 Å². The van der Waals surface area contributed by atoms with Gasteiger partial charge in [0.25, 0.3) is 5.56 Å². The first-order valence-electron chi connectivity index (χ1n) is 10.8. The third-order valence-electron chi connectivity index (χ3n) is 6.30. The highest BCUT2D eigenvalue weighted by Gasteiger charge is 2.33. The van der Waals surface area contributed by atoms with Gasteiger partial charge < -0.3 is 19.6 Å². The van der Waals surface area contributed by atoms with E-state index in [2.05, 4.69) is 15.3 Å². The summed E-state index contributed by atoms with van der Waals surface area (Å²) >= 11 is 0. The maximum atomic E-state index is 15.0. The van der Waals surface area contributed by atoms with Crippen LogP contribution in [0.5, 0.6) is 5.75 Å². The molecule has 0 amide bonds. The Morgan fingerprint density at radius 1 is 0.943 bits per heavy atom. The maximum absolute atomic E-state index is 15.0. The minimum atomic E-state index is -1.01. The number of nitrogens with one attached hydrogen (secondary N) is 3. The third-order valence-corrected chi connectivity index (χ3v) is 6.30. The van der Waals surface area contributed by atoms with Crippen LogP contribution in [0.15, 0.2) is 76.4 Å². The molecule has 0 saturated carbocycles. The molecular weight excluding hydrogens is 454 g/mol. The summed E-state index contributed by atoms with van der Waals surface area (Å²) < 4.78 is 36.2. The summed E-state index contributed by atoms with van der Waals surface area (Å²) in [6, 6.07) is 16.2. The van der Waals surface area contributed by atoms with E-state index in [0.717, 1.165) is 17.2 Å². The van der Waals surface area contributed by atoms with E-state index in [-0.39, 0.29) is 16.5 Å². The number of hydrogen-bond acceptors (Lipinski definition) is 4. The van der Waals surface area contributed by atoms with Gasteiger partial charge in [0.15, 0.2) is 11.6 Å². The molecule has 7 nitrogen and oxygen atoms in total. The van der Waals surface area contributed by atoms with Crippen molar-refractivity contribution >= 4 is 16.6 Å². The number of aromatic amines is 2. The number of methoxy groups -OCH3 is 1. The van der Waals surface area contributed by atoms with E-state index >= 15 is 0 Å². The first-order chi connectivity index (χ1) is 17.0. The van der Waals surface area contributed by atoms with Gasteiger partial charge in [-0.25, -0.2) is 13.6 Å². The largest absolute Gasteiger partial charge is 0.497 e. The van der Waals surface area contributed by atoms with Crippen LogP contribution in [0.3, 0.4) is 0 Å². The van der Waals surface area contributed by atoms with Crippen molar-refractivity contribution in [1.29, 1.82) is 0 Å². The van der Waals surface area contributed by atoms with E-state index in [1.54, 1.807) is 17.9 Å². The average Bonchev–Trinajstić information content (AvgIpc) is 3.25. The van der Waals surface area contributed by atoms with Crippen molar-refractivity contribution in [2.75, 3.05) is 12.4 Å². The number of hydrogen-bond donors (Lipinski definition) is 3. The summed E-state index contributed by atoms with van der Waals surface area (Å²) in [5, 5.41) is 3.52. The fourth-order valence-corrected chi connectivity index (χ4v) is 4.72. The molecule has 0 radical (unpaired) electrons. The van der Waals surface area contributed by atoms with Gasteiger partial charge in [-0.15, -0.1) is 0 Å². The van der Waals surface area contributed by atoms with Crippen molar-refractivity contribution in [1.82, 2.24) is 14.5 Å². The Morgan fingerprint density at radius 3 is 2.49 bits per heavy atom. The van der Waals surface area contributed by atoms with Gasteiger partial charge in [-0.3, -0.25) is 9.78 Å². The fraction of sp³-hybridized carbons (Fsp3) is 0.0769. The maximum Gasteiger partial charge on any atom is 0.326 e. The van der Waals surface area contributed by atoms with Crippen LogP contribution < -0.4 is 21.3 Å². The SMILES string of the molecule is COc1ccc(-c2cccc3c2-n2cc4c(=O)[nH]c(=O)[nH]c4c2C(c2cccc(F)c2F)N3)cc1. The molecule has 5 aromatic rings. The Balaban J connectivity index is 1.68. The molecule has 1 unspecified atom stereocenters. The molecule has 174 valence electrons. The van der Waals surface area contributed by atoms with Gasteiger partial charge >= 0.3 is 5.69 Å². The molecule has 1 aliphatic rings. The van der Waals surface area contributed by atoms with Gasteiger partial charge in [0.2, 0.25) is 0 Å². The minimum Gasteiger partial charge on any atom is -0.497 e. The van der Waals surface area contributed by atoms with E-state index in [4.69, 9.17) is 4.74 Å². The third kappa shape index (κ3) is 3.16. The van der Waals surface area contributed by atoms with Crippen molar-refractivity contribution in [2.24, 2.45) is 0 Å². The Morgan fingerprint density at radius 2 is 1.71 bits per heavy atom. The van der Waals surface area contributed by atoms with Crippen molar-refractivity contribution < 1.29 is 13.5 Å². The normalized spacial score (nSPS) is 14.3. The number of H-pyrrole nitrogens is 2. The van der Waals surface area contributed by atoms with Gasteiger partial charge in [0.1, 0.15) is 5.75 Å². The second-order valence-electron chi connectivity index (χ2n) is 8.23. The van der Waals surface area contributed by atoms with Crippen LogP contribution in [0.1, 0.15) is 17.3 Å². The van der Waals surface area contributed by atoms with Crippen molar-refractivity contribution in [2.45, 2.75) is 6.04 Å². The molecule has 1 atom stereocenters. The predicted molar refractivity (Wildman–Crippen MR) is 128 cm³/mol. The Labute approximate surface area is 196 Å².